The van der Waals surface area contributed by atoms with E-state index in [1.807, 2.05) is 30.3 Å². The first kappa shape index (κ1) is 16.3. The molecule has 0 aliphatic rings. The van der Waals surface area contributed by atoms with Crippen molar-refractivity contribution in [1.82, 2.24) is 19.5 Å². The van der Waals surface area contributed by atoms with Crippen LogP contribution in [0, 0.1) is 0 Å². The number of benzene rings is 1. The molecule has 0 amide bonds. The molecule has 2 N–H and O–H groups in total. The van der Waals surface area contributed by atoms with Gasteiger partial charge in [-0.15, -0.1) is 0 Å². The molecule has 126 valence electrons. The Bertz CT molecular complexity index is 820. The van der Waals surface area contributed by atoms with Crippen LogP contribution in [0.15, 0.2) is 43.0 Å². The van der Waals surface area contributed by atoms with Crippen LogP contribution in [0.4, 0.5) is 14.6 Å². The predicted molar refractivity (Wildman–Crippen MR) is 85.7 cm³/mol. The van der Waals surface area contributed by atoms with E-state index >= 15 is 0 Å². The van der Waals surface area contributed by atoms with Gasteiger partial charge in [0.1, 0.15) is 17.4 Å². The third-order valence-corrected chi connectivity index (χ3v) is 3.66. The highest BCUT2D eigenvalue weighted by atomic mass is 19.3. The first-order valence-electron chi connectivity index (χ1n) is 7.41. The van der Waals surface area contributed by atoms with Gasteiger partial charge in [0.05, 0.1) is 12.9 Å². The largest absolute Gasteiger partial charge is 0.382 e. The summed E-state index contributed by atoms with van der Waals surface area (Å²) in [7, 11) is 0. The van der Waals surface area contributed by atoms with Gasteiger partial charge in [0.25, 0.3) is 6.43 Å². The van der Waals surface area contributed by atoms with Crippen LogP contribution in [0.25, 0.3) is 11.2 Å². The molecule has 24 heavy (non-hydrogen) atoms. The van der Waals surface area contributed by atoms with Crippen LogP contribution in [-0.4, -0.2) is 36.7 Å². The normalized spacial score (nSPS) is 14.0. The Morgan fingerprint density at radius 2 is 1.96 bits per heavy atom. The summed E-state index contributed by atoms with van der Waals surface area (Å²) in [6.45, 7) is 1.32. The molecular weight excluding hydrogens is 316 g/mol. The SMILES string of the molecule is CC(O)(Cn1cnc2c(NCc3ccccc3)ncnc21)C(F)F. The van der Waals surface area contributed by atoms with Crippen LogP contribution in [0.5, 0.6) is 0 Å². The van der Waals surface area contributed by atoms with E-state index in [-0.39, 0.29) is 6.54 Å². The number of fused-ring (bicyclic) bond motifs is 1. The van der Waals surface area contributed by atoms with Gasteiger partial charge < -0.3 is 15.0 Å². The standard InChI is InChI=1S/C16H17F2N5O/c1-16(24,15(17)18)8-23-10-22-12-13(20-9-21-14(12)23)19-7-11-5-3-2-4-6-11/h2-6,9-10,15,24H,7-8H2,1H3,(H,19,20,21). The lowest BCUT2D eigenvalue weighted by Crippen LogP contribution is -2.38. The number of rotatable bonds is 6. The fourth-order valence-corrected chi connectivity index (χ4v) is 2.32. The monoisotopic (exact) mass is 333 g/mol. The molecule has 3 aromatic rings. The molecule has 0 bridgehead atoms. The number of halogens is 2. The van der Waals surface area contributed by atoms with Crippen molar-refractivity contribution in [3.8, 4) is 0 Å². The number of anilines is 1. The third-order valence-electron chi connectivity index (χ3n) is 3.66. The van der Waals surface area contributed by atoms with Gasteiger partial charge in [0.15, 0.2) is 11.5 Å². The van der Waals surface area contributed by atoms with Crippen LogP contribution in [0.1, 0.15) is 12.5 Å². The van der Waals surface area contributed by atoms with E-state index in [0.717, 1.165) is 12.5 Å². The molecule has 0 saturated heterocycles. The van der Waals surface area contributed by atoms with Gasteiger partial charge in [-0.1, -0.05) is 30.3 Å². The highest BCUT2D eigenvalue weighted by Crippen LogP contribution is 2.22. The Morgan fingerprint density at radius 3 is 2.67 bits per heavy atom. The number of aliphatic hydroxyl groups is 1. The minimum Gasteiger partial charge on any atom is -0.382 e. The lowest BCUT2D eigenvalue weighted by Gasteiger charge is -2.22. The Hall–Kier alpha value is -2.61. The van der Waals surface area contributed by atoms with Gasteiger partial charge in [-0.05, 0) is 12.5 Å². The van der Waals surface area contributed by atoms with Crippen molar-refractivity contribution in [2.75, 3.05) is 5.32 Å². The first-order chi connectivity index (χ1) is 11.5. The Kier molecular flexibility index (Phi) is 4.39. The lowest BCUT2D eigenvalue weighted by atomic mass is 10.1. The van der Waals surface area contributed by atoms with E-state index in [1.165, 1.54) is 17.2 Å². The van der Waals surface area contributed by atoms with Crippen LogP contribution in [-0.2, 0) is 13.1 Å². The van der Waals surface area contributed by atoms with E-state index in [9.17, 15) is 13.9 Å². The summed E-state index contributed by atoms with van der Waals surface area (Å²) in [5.74, 6) is 0.513. The summed E-state index contributed by atoms with van der Waals surface area (Å²) < 4.78 is 27.1. The molecule has 8 heteroatoms. The van der Waals surface area contributed by atoms with Crippen molar-refractivity contribution in [2.45, 2.75) is 32.0 Å². The van der Waals surface area contributed by atoms with Gasteiger partial charge in [-0.2, -0.15) is 0 Å². The molecule has 1 unspecified atom stereocenters. The smallest absolute Gasteiger partial charge is 0.268 e. The Balaban J connectivity index is 1.84. The number of nitrogens with zero attached hydrogens (tertiary/aromatic N) is 4. The van der Waals surface area contributed by atoms with Crippen molar-refractivity contribution in [3.63, 3.8) is 0 Å². The van der Waals surface area contributed by atoms with Gasteiger partial charge >= 0.3 is 0 Å². The summed E-state index contributed by atoms with van der Waals surface area (Å²) in [5.41, 5.74) is -0.222. The number of hydrogen-bond acceptors (Lipinski definition) is 5. The topological polar surface area (TPSA) is 75.9 Å². The van der Waals surface area contributed by atoms with E-state index in [2.05, 4.69) is 20.3 Å². The fraction of sp³-hybridized carbons (Fsp3) is 0.312. The molecule has 0 saturated carbocycles. The quantitative estimate of drug-likeness (QED) is 0.725. The van der Waals surface area contributed by atoms with E-state index < -0.39 is 12.0 Å². The third kappa shape index (κ3) is 3.33. The summed E-state index contributed by atoms with van der Waals surface area (Å²) in [6, 6.07) is 9.76. The Labute approximate surface area is 137 Å². The van der Waals surface area contributed by atoms with Gasteiger partial charge in [0, 0.05) is 6.54 Å². The van der Waals surface area contributed by atoms with Gasteiger partial charge in [-0.3, -0.25) is 0 Å². The van der Waals surface area contributed by atoms with Crippen LogP contribution >= 0.6 is 0 Å². The summed E-state index contributed by atoms with van der Waals surface area (Å²) in [4.78, 5) is 12.4. The molecule has 1 atom stereocenters. The number of hydrogen-bond donors (Lipinski definition) is 2. The second kappa shape index (κ2) is 6.48. The number of nitrogens with one attached hydrogen (secondary N) is 1. The average Bonchev–Trinajstić information content (AvgIpc) is 2.97. The van der Waals surface area contributed by atoms with Gasteiger partial charge in [-0.25, -0.2) is 23.7 Å². The molecule has 2 heterocycles. The number of aromatic nitrogens is 4. The molecule has 0 aliphatic heterocycles. The maximum atomic E-state index is 12.9. The van der Waals surface area contributed by atoms with Crippen molar-refractivity contribution in [3.05, 3.63) is 48.5 Å². The maximum Gasteiger partial charge on any atom is 0.268 e. The minimum absolute atomic E-state index is 0.309. The molecule has 2 aromatic heterocycles. The van der Waals surface area contributed by atoms with Crippen LogP contribution < -0.4 is 5.32 Å². The van der Waals surface area contributed by atoms with Crippen molar-refractivity contribution in [1.29, 1.82) is 0 Å². The van der Waals surface area contributed by atoms with Crippen LogP contribution in [0.2, 0.25) is 0 Å². The average molecular weight is 333 g/mol. The maximum absolute atomic E-state index is 12.9. The molecule has 0 spiro atoms. The zero-order valence-corrected chi connectivity index (χ0v) is 13.0. The number of imidazole rings is 1. The molecular formula is C16H17F2N5O. The fourth-order valence-electron chi connectivity index (χ4n) is 2.32. The summed E-state index contributed by atoms with van der Waals surface area (Å²) >= 11 is 0. The van der Waals surface area contributed by atoms with Crippen molar-refractivity contribution in [2.24, 2.45) is 0 Å². The van der Waals surface area contributed by atoms with E-state index in [1.54, 1.807) is 0 Å². The summed E-state index contributed by atoms with van der Waals surface area (Å²) in [6.07, 6.45) is -0.151. The molecule has 3 rings (SSSR count). The van der Waals surface area contributed by atoms with Crippen LogP contribution in [0.3, 0.4) is 0 Å². The summed E-state index contributed by atoms with van der Waals surface area (Å²) in [5, 5.41) is 13.0. The predicted octanol–water partition coefficient (Wildman–Crippen LogP) is 2.45. The molecule has 6 nitrogen and oxygen atoms in total. The second-order valence-electron chi connectivity index (χ2n) is 5.76. The van der Waals surface area contributed by atoms with E-state index in [0.29, 0.717) is 23.5 Å². The van der Waals surface area contributed by atoms with Gasteiger partial charge in [0.2, 0.25) is 0 Å². The van der Waals surface area contributed by atoms with E-state index in [4.69, 9.17) is 0 Å². The first-order valence-corrected chi connectivity index (χ1v) is 7.41. The minimum atomic E-state index is -2.87. The second-order valence-corrected chi connectivity index (χ2v) is 5.76. The Morgan fingerprint density at radius 1 is 1.21 bits per heavy atom. The zero-order chi connectivity index (χ0) is 17.2. The van der Waals surface area contributed by atoms with Crippen molar-refractivity contribution < 1.29 is 13.9 Å². The lowest BCUT2D eigenvalue weighted by molar-refractivity contribution is -0.0922. The van der Waals surface area contributed by atoms with Crippen molar-refractivity contribution >= 4 is 17.0 Å². The molecule has 0 radical (unpaired) electrons. The molecule has 0 aliphatic carbocycles. The number of alkyl halides is 2. The molecule has 1 aromatic carbocycles. The molecule has 0 fully saturated rings. The highest BCUT2D eigenvalue weighted by molar-refractivity contribution is 5.82. The zero-order valence-electron chi connectivity index (χ0n) is 13.0. The highest BCUT2D eigenvalue weighted by Gasteiger charge is 2.33.